The molecule has 4 rings (SSSR count). The average molecular weight is 364 g/mol. The van der Waals surface area contributed by atoms with Crippen molar-refractivity contribution in [3.05, 3.63) is 65.2 Å². The number of anilines is 1. The fraction of sp³-hybridized carbons (Fsp3) is 0.435. The third kappa shape index (κ3) is 3.92. The molecule has 2 atom stereocenters. The summed E-state index contributed by atoms with van der Waals surface area (Å²) in [4.78, 5) is 16.7. The Morgan fingerprint density at radius 1 is 1.22 bits per heavy atom. The number of carbonyl (C=O) groups excluding carboxylic acids is 1. The van der Waals surface area contributed by atoms with Crippen LogP contribution in [0, 0.1) is 5.92 Å². The van der Waals surface area contributed by atoms with Gasteiger partial charge in [0.15, 0.2) is 0 Å². The van der Waals surface area contributed by atoms with Gasteiger partial charge in [0.05, 0.1) is 6.10 Å². The van der Waals surface area contributed by atoms with Crippen LogP contribution in [-0.4, -0.2) is 35.5 Å². The molecule has 2 aromatic rings. The third-order valence-electron chi connectivity index (χ3n) is 5.65. The Balaban J connectivity index is 1.44. The van der Waals surface area contributed by atoms with Crippen LogP contribution < -0.4 is 4.90 Å². The number of nitrogens with zero attached hydrogens (tertiary/aromatic N) is 2. The Morgan fingerprint density at radius 2 is 1.96 bits per heavy atom. The first-order chi connectivity index (χ1) is 13.0. The van der Waals surface area contributed by atoms with E-state index < -0.39 is 6.10 Å². The van der Waals surface area contributed by atoms with E-state index in [4.69, 9.17) is 0 Å². The first-order valence-electron chi connectivity index (χ1n) is 9.89. The zero-order chi connectivity index (χ0) is 19.0. The molecule has 1 aliphatic heterocycles. The van der Waals surface area contributed by atoms with E-state index >= 15 is 0 Å². The van der Waals surface area contributed by atoms with Gasteiger partial charge < -0.3 is 10.0 Å². The molecular weight excluding hydrogens is 336 g/mol. The average Bonchev–Trinajstić information content (AvgIpc) is 3.44. The number of fused-ring (bicyclic) bond motifs is 1. The molecule has 0 radical (unpaired) electrons. The molecular formula is C23H28N2O2. The van der Waals surface area contributed by atoms with Crippen LogP contribution in [0.2, 0.25) is 0 Å². The number of aliphatic hydroxyl groups is 1. The Bertz CT molecular complexity index is 816. The highest BCUT2D eigenvalue weighted by Gasteiger charge is 2.39. The van der Waals surface area contributed by atoms with Gasteiger partial charge in [-0.05, 0) is 56.0 Å². The molecule has 2 aliphatic rings. The lowest BCUT2D eigenvalue weighted by molar-refractivity contribution is -0.120. The molecule has 0 spiro atoms. The molecule has 1 aliphatic carbocycles. The number of amides is 1. The summed E-state index contributed by atoms with van der Waals surface area (Å²) in [6, 6.07) is 16.6. The fourth-order valence-corrected chi connectivity index (χ4v) is 4.08. The Kier molecular flexibility index (Phi) is 5.02. The number of rotatable bonds is 6. The minimum Gasteiger partial charge on any atom is -0.387 e. The van der Waals surface area contributed by atoms with E-state index in [0.717, 1.165) is 37.1 Å². The van der Waals surface area contributed by atoms with Crippen LogP contribution in [0.1, 0.15) is 42.6 Å². The van der Waals surface area contributed by atoms with Crippen LogP contribution in [0.4, 0.5) is 5.69 Å². The second kappa shape index (κ2) is 7.45. The number of aliphatic hydroxyl groups excluding tert-OH is 1. The summed E-state index contributed by atoms with van der Waals surface area (Å²) in [5.41, 5.74) is 4.39. The molecule has 1 fully saturated rings. The first-order valence-corrected chi connectivity index (χ1v) is 9.89. The molecule has 142 valence electrons. The minimum atomic E-state index is -0.535. The van der Waals surface area contributed by atoms with Crippen LogP contribution in [0.15, 0.2) is 48.5 Å². The van der Waals surface area contributed by atoms with E-state index in [0.29, 0.717) is 6.54 Å². The second-order valence-electron chi connectivity index (χ2n) is 8.12. The number of hydrogen-bond donors (Lipinski definition) is 1. The summed E-state index contributed by atoms with van der Waals surface area (Å²) >= 11 is 0. The molecule has 27 heavy (non-hydrogen) atoms. The van der Waals surface area contributed by atoms with E-state index in [9.17, 15) is 9.90 Å². The normalized spacial score (nSPS) is 20.0. The molecule has 1 amide bonds. The first kappa shape index (κ1) is 18.2. The van der Waals surface area contributed by atoms with Crippen LogP contribution in [0.25, 0.3) is 0 Å². The van der Waals surface area contributed by atoms with Crippen molar-refractivity contribution in [2.45, 2.75) is 44.9 Å². The lowest BCUT2D eigenvalue weighted by Crippen LogP contribution is -2.36. The van der Waals surface area contributed by atoms with Crippen LogP contribution in [0.5, 0.6) is 0 Å². The van der Waals surface area contributed by atoms with Crippen molar-refractivity contribution < 1.29 is 9.90 Å². The summed E-state index contributed by atoms with van der Waals surface area (Å²) < 4.78 is 0. The maximum atomic E-state index is 12.6. The largest absolute Gasteiger partial charge is 0.387 e. The van der Waals surface area contributed by atoms with Crippen molar-refractivity contribution in [2.24, 2.45) is 5.92 Å². The molecule has 0 unspecified atom stereocenters. The van der Waals surface area contributed by atoms with Crippen molar-refractivity contribution in [3.63, 3.8) is 0 Å². The molecule has 0 bridgehead atoms. The number of benzene rings is 2. The Hall–Kier alpha value is -2.17. The highest BCUT2D eigenvalue weighted by Crippen LogP contribution is 2.39. The summed E-state index contributed by atoms with van der Waals surface area (Å²) in [6.07, 6.45) is 2.39. The number of carbonyl (C=O) groups is 1. The zero-order valence-electron chi connectivity index (χ0n) is 16.1. The topological polar surface area (TPSA) is 43.8 Å². The highest BCUT2D eigenvalue weighted by molar-refractivity contribution is 5.99. The molecule has 0 saturated heterocycles. The van der Waals surface area contributed by atoms with Crippen molar-refractivity contribution in [1.29, 1.82) is 0 Å². The van der Waals surface area contributed by atoms with E-state index in [2.05, 4.69) is 30.0 Å². The van der Waals surface area contributed by atoms with Gasteiger partial charge in [-0.3, -0.25) is 9.69 Å². The fourth-order valence-electron chi connectivity index (χ4n) is 4.08. The highest BCUT2D eigenvalue weighted by atomic mass is 16.3. The predicted octanol–water partition coefficient (Wildman–Crippen LogP) is 3.54. The molecule has 4 nitrogen and oxygen atoms in total. The monoisotopic (exact) mass is 364 g/mol. The van der Waals surface area contributed by atoms with Crippen LogP contribution >= 0.6 is 0 Å². The maximum absolute atomic E-state index is 12.6. The quantitative estimate of drug-likeness (QED) is 0.853. The van der Waals surface area contributed by atoms with E-state index in [1.807, 2.05) is 42.3 Å². The van der Waals surface area contributed by atoms with Gasteiger partial charge in [0.1, 0.15) is 0 Å². The number of likely N-dealkylation sites (N-methyl/N-ethyl adjacent to an activating group) is 1. The SMILES string of the molecule is C[C@@H]1Cc2cc([C@@H](O)CN(C)Cc3ccccc3)ccc2N1C(=O)C1CC1. The molecule has 2 aromatic carbocycles. The van der Waals surface area contributed by atoms with Gasteiger partial charge in [0.25, 0.3) is 0 Å². The minimum absolute atomic E-state index is 0.209. The third-order valence-corrected chi connectivity index (χ3v) is 5.65. The van der Waals surface area contributed by atoms with E-state index in [-0.39, 0.29) is 17.9 Å². The van der Waals surface area contributed by atoms with E-state index in [1.165, 1.54) is 11.1 Å². The van der Waals surface area contributed by atoms with Crippen LogP contribution in [-0.2, 0) is 17.8 Å². The zero-order valence-corrected chi connectivity index (χ0v) is 16.1. The molecule has 1 heterocycles. The summed E-state index contributed by atoms with van der Waals surface area (Å²) in [5, 5.41) is 10.7. The van der Waals surface area contributed by atoms with Gasteiger partial charge in [-0.25, -0.2) is 0 Å². The van der Waals surface area contributed by atoms with Crippen molar-refractivity contribution in [1.82, 2.24) is 4.90 Å². The Morgan fingerprint density at radius 3 is 2.67 bits per heavy atom. The second-order valence-corrected chi connectivity index (χ2v) is 8.12. The molecule has 1 saturated carbocycles. The lowest BCUT2D eigenvalue weighted by Gasteiger charge is -2.23. The van der Waals surface area contributed by atoms with Gasteiger partial charge in [-0.15, -0.1) is 0 Å². The van der Waals surface area contributed by atoms with Crippen LogP contribution in [0.3, 0.4) is 0 Å². The van der Waals surface area contributed by atoms with Gasteiger partial charge in [0, 0.05) is 30.7 Å². The smallest absolute Gasteiger partial charge is 0.230 e. The molecule has 0 aromatic heterocycles. The van der Waals surface area contributed by atoms with Gasteiger partial charge in [0.2, 0.25) is 5.91 Å². The standard InChI is InChI=1S/C23H28N2O2/c1-16-12-20-13-19(10-11-21(20)25(16)23(27)18-8-9-18)22(26)15-24(2)14-17-6-4-3-5-7-17/h3-7,10-11,13,16,18,22,26H,8-9,12,14-15H2,1-2H3/t16-,22+/m1/s1. The van der Waals surface area contributed by atoms with Gasteiger partial charge in [-0.1, -0.05) is 42.5 Å². The van der Waals surface area contributed by atoms with Gasteiger partial charge >= 0.3 is 0 Å². The Labute approximate surface area is 161 Å². The lowest BCUT2D eigenvalue weighted by atomic mass is 10.0. The maximum Gasteiger partial charge on any atom is 0.230 e. The van der Waals surface area contributed by atoms with Crippen molar-refractivity contribution >= 4 is 11.6 Å². The van der Waals surface area contributed by atoms with Crippen molar-refractivity contribution in [2.75, 3.05) is 18.5 Å². The molecule has 1 N–H and O–H groups in total. The predicted molar refractivity (Wildman–Crippen MR) is 108 cm³/mol. The summed E-state index contributed by atoms with van der Waals surface area (Å²) in [5.74, 6) is 0.507. The van der Waals surface area contributed by atoms with E-state index in [1.54, 1.807) is 0 Å². The van der Waals surface area contributed by atoms with Gasteiger partial charge in [-0.2, -0.15) is 0 Å². The molecule has 4 heteroatoms. The summed E-state index contributed by atoms with van der Waals surface area (Å²) in [6.45, 7) is 3.50. The van der Waals surface area contributed by atoms with Crippen molar-refractivity contribution in [3.8, 4) is 0 Å². The number of hydrogen-bond acceptors (Lipinski definition) is 3. The summed E-state index contributed by atoms with van der Waals surface area (Å²) in [7, 11) is 2.03.